The summed E-state index contributed by atoms with van der Waals surface area (Å²) in [6, 6.07) is 33.2. The summed E-state index contributed by atoms with van der Waals surface area (Å²) in [5, 5.41) is 0. The zero-order valence-corrected chi connectivity index (χ0v) is 21.7. The average molecular weight is 481 g/mol. The quantitative estimate of drug-likeness (QED) is 0.291. The topological polar surface area (TPSA) is 45.3 Å². The van der Waals surface area contributed by atoms with Gasteiger partial charge in [0, 0.05) is 30.3 Å². The Labute approximate surface area is 214 Å². The van der Waals surface area contributed by atoms with Crippen molar-refractivity contribution in [2.75, 3.05) is 7.11 Å². The number of hydrogen-bond donors (Lipinski definition) is 1. The van der Waals surface area contributed by atoms with E-state index in [0.717, 1.165) is 30.9 Å². The first-order chi connectivity index (χ1) is 17.3. The second-order valence-corrected chi connectivity index (χ2v) is 10.3. The van der Waals surface area contributed by atoms with E-state index >= 15 is 0 Å². The number of rotatable bonds is 9. The van der Waals surface area contributed by atoms with E-state index < -0.39 is 0 Å². The van der Waals surface area contributed by atoms with Gasteiger partial charge >= 0.3 is 0 Å². The Hall–Kier alpha value is -3.63. The summed E-state index contributed by atoms with van der Waals surface area (Å²) in [4.78, 5) is 19.4. The zero-order valence-electron chi connectivity index (χ0n) is 21.7. The highest BCUT2D eigenvalue weighted by molar-refractivity contribution is 5.36. The summed E-state index contributed by atoms with van der Waals surface area (Å²) in [6.07, 6.45) is 0.770. The van der Waals surface area contributed by atoms with Crippen LogP contribution < -0.4 is 10.2 Å². The Kier molecular flexibility index (Phi) is 8.07. The fourth-order valence-corrected chi connectivity index (χ4v) is 4.66. The molecule has 1 N–H and O–H groups in total. The maximum Gasteiger partial charge on any atom is 0.223 e. The van der Waals surface area contributed by atoms with E-state index in [9.17, 15) is 4.79 Å². The normalized spacial score (nSPS) is 12.5. The van der Waals surface area contributed by atoms with Gasteiger partial charge in [0.25, 0.3) is 0 Å². The van der Waals surface area contributed by atoms with Gasteiger partial charge in [-0.2, -0.15) is 0 Å². The van der Waals surface area contributed by atoms with Crippen LogP contribution in [0.5, 0.6) is 5.75 Å². The molecule has 36 heavy (non-hydrogen) atoms. The molecule has 0 amide bonds. The van der Waals surface area contributed by atoms with E-state index in [-0.39, 0.29) is 16.9 Å². The lowest BCUT2D eigenvalue weighted by Crippen LogP contribution is -2.32. The molecule has 0 spiro atoms. The largest absolute Gasteiger partial charge is 0.491 e. The van der Waals surface area contributed by atoms with Gasteiger partial charge in [-0.1, -0.05) is 112 Å². The van der Waals surface area contributed by atoms with Crippen LogP contribution in [0.1, 0.15) is 54.9 Å². The number of methoxy groups -OCH3 is 1. The van der Waals surface area contributed by atoms with Crippen LogP contribution in [0.3, 0.4) is 0 Å². The molecule has 0 fully saturated rings. The molecule has 0 radical (unpaired) electrons. The summed E-state index contributed by atoms with van der Waals surface area (Å²) in [5.74, 6) is 0.391. The number of hydrogen-bond acceptors (Lipinski definition) is 3. The van der Waals surface area contributed by atoms with Crippen molar-refractivity contribution < 1.29 is 4.74 Å². The van der Waals surface area contributed by atoms with Crippen molar-refractivity contribution in [2.45, 2.75) is 51.7 Å². The lowest BCUT2D eigenvalue weighted by Gasteiger charge is -2.33. The molecular weight excluding hydrogens is 444 g/mol. The number of H-pyrrole nitrogens is 1. The van der Waals surface area contributed by atoms with Gasteiger partial charge in [0.1, 0.15) is 0 Å². The van der Waals surface area contributed by atoms with E-state index in [0.29, 0.717) is 5.75 Å². The van der Waals surface area contributed by atoms with Crippen LogP contribution in [-0.2, 0) is 24.9 Å². The van der Waals surface area contributed by atoms with Crippen molar-refractivity contribution in [3.05, 3.63) is 135 Å². The highest BCUT2D eigenvalue weighted by Crippen LogP contribution is 2.32. The van der Waals surface area contributed by atoms with Gasteiger partial charge < -0.3 is 9.72 Å². The van der Waals surface area contributed by atoms with Crippen LogP contribution in [0, 0.1) is 0 Å². The van der Waals surface area contributed by atoms with Crippen LogP contribution in [0.2, 0.25) is 0 Å². The van der Waals surface area contributed by atoms with Gasteiger partial charge in [0.05, 0.1) is 18.8 Å². The molecule has 0 saturated heterocycles. The molecule has 0 bridgehead atoms. The fraction of sp³-hybridized carbons (Fsp3) is 0.281. The predicted molar refractivity (Wildman–Crippen MR) is 147 cm³/mol. The number of aromatic nitrogens is 1. The minimum absolute atomic E-state index is 0.0486. The molecule has 4 nitrogen and oxygen atoms in total. The highest BCUT2D eigenvalue weighted by Gasteiger charge is 2.28. The first kappa shape index (κ1) is 25.5. The van der Waals surface area contributed by atoms with Gasteiger partial charge in [0.15, 0.2) is 5.75 Å². The van der Waals surface area contributed by atoms with Crippen LogP contribution in [0.15, 0.2) is 102 Å². The molecule has 4 aromatic rings. The molecule has 1 atom stereocenters. The number of ether oxygens (including phenoxy) is 1. The van der Waals surface area contributed by atoms with Crippen molar-refractivity contribution in [2.24, 2.45) is 0 Å². The van der Waals surface area contributed by atoms with Gasteiger partial charge in [-0.3, -0.25) is 9.69 Å². The van der Waals surface area contributed by atoms with Gasteiger partial charge in [0.2, 0.25) is 5.43 Å². The second-order valence-electron chi connectivity index (χ2n) is 10.3. The standard InChI is InChI=1S/C32H36N2O2/c1-32(2,3)31-30(36-4)29(35)21-27(33-31)28(20-24-14-8-5-9-15-24)34(22-25-16-10-6-11-17-25)23-26-18-12-7-13-19-26/h5-19,21,28H,20,22-23H2,1-4H3,(H,33,35)/t28-/m0/s1. The Morgan fingerprint density at radius 1 is 0.778 bits per heavy atom. The van der Waals surface area contributed by atoms with E-state index in [1.54, 1.807) is 13.2 Å². The van der Waals surface area contributed by atoms with Crippen molar-refractivity contribution in [1.82, 2.24) is 9.88 Å². The predicted octanol–water partition coefficient (Wildman–Crippen LogP) is 6.67. The number of nitrogens with one attached hydrogen (secondary N) is 1. The summed E-state index contributed by atoms with van der Waals surface area (Å²) >= 11 is 0. The lowest BCUT2D eigenvalue weighted by atomic mass is 9.89. The number of pyridine rings is 1. The molecule has 0 aliphatic rings. The smallest absolute Gasteiger partial charge is 0.223 e. The Bertz CT molecular complexity index is 1250. The molecular formula is C32H36N2O2. The number of nitrogens with zero attached hydrogens (tertiary/aromatic N) is 1. The number of aromatic amines is 1. The third-order valence-electron chi connectivity index (χ3n) is 6.49. The van der Waals surface area contributed by atoms with Gasteiger partial charge in [-0.15, -0.1) is 0 Å². The van der Waals surface area contributed by atoms with Crippen LogP contribution >= 0.6 is 0 Å². The molecule has 4 heteroatoms. The Morgan fingerprint density at radius 2 is 1.25 bits per heavy atom. The highest BCUT2D eigenvalue weighted by atomic mass is 16.5. The van der Waals surface area contributed by atoms with Gasteiger partial charge in [-0.25, -0.2) is 0 Å². The molecule has 4 rings (SSSR count). The maximum atomic E-state index is 13.3. The first-order valence-corrected chi connectivity index (χ1v) is 12.5. The van der Waals surface area contributed by atoms with Crippen LogP contribution in [-0.4, -0.2) is 17.0 Å². The molecule has 1 aromatic heterocycles. The third kappa shape index (κ3) is 6.32. The average Bonchev–Trinajstić information content (AvgIpc) is 2.88. The fourth-order valence-electron chi connectivity index (χ4n) is 4.66. The summed E-state index contributed by atoms with van der Waals surface area (Å²) < 4.78 is 5.55. The molecule has 0 aliphatic carbocycles. The second kappa shape index (κ2) is 11.4. The molecule has 3 aromatic carbocycles. The van der Waals surface area contributed by atoms with Crippen LogP contribution in [0.4, 0.5) is 0 Å². The third-order valence-corrected chi connectivity index (χ3v) is 6.49. The molecule has 0 unspecified atom stereocenters. The van der Waals surface area contributed by atoms with Gasteiger partial charge in [-0.05, 0) is 23.1 Å². The first-order valence-electron chi connectivity index (χ1n) is 12.5. The molecule has 0 aliphatic heterocycles. The summed E-state index contributed by atoms with van der Waals surface area (Å²) in [5.41, 5.74) is 5.06. The summed E-state index contributed by atoms with van der Waals surface area (Å²) in [7, 11) is 1.57. The van der Waals surface area contributed by atoms with E-state index in [1.807, 2.05) is 18.2 Å². The van der Waals surface area contributed by atoms with E-state index in [2.05, 4.69) is 103 Å². The summed E-state index contributed by atoms with van der Waals surface area (Å²) in [6.45, 7) is 7.81. The SMILES string of the molecule is COc1c(C(C)(C)C)[nH]c([C@H](Cc2ccccc2)N(Cc2ccccc2)Cc2ccccc2)cc1=O. The van der Waals surface area contributed by atoms with Crippen molar-refractivity contribution in [3.63, 3.8) is 0 Å². The van der Waals surface area contributed by atoms with Crippen molar-refractivity contribution in [1.29, 1.82) is 0 Å². The monoisotopic (exact) mass is 480 g/mol. The van der Waals surface area contributed by atoms with E-state index in [1.165, 1.54) is 16.7 Å². The molecule has 186 valence electrons. The maximum absolute atomic E-state index is 13.3. The lowest BCUT2D eigenvalue weighted by molar-refractivity contribution is 0.173. The number of benzene rings is 3. The van der Waals surface area contributed by atoms with E-state index in [4.69, 9.17) is 4.74 Å². The molecule has 1 heterocycles. The van der Waals surface area contributed by atoms with Crippen LogP contribution in [0.25, 0.3) is 0 Å². The zero-order chi connectivity index (χ0) is 25.5. The Balaban J connectivity index is 1.85. The molecule has 0 saturated carbocycles. The van der Waals surface area contributed by atoms with Crippen molar-refractivity contribution in [3.8, 4) is 5.75 Å². The van der Waals surface area contributed by atoms with Crippen molar-refractivity contribution >= 4 is 0 Å². The Morgan fingerprint density at radius 3 is 1.69 bits per heavy atom. The minimum Gasteiger partial charge on any atom is -0.491 e. The minimum atomic E-state index is -0.276.